The first-order chi connectivity index (χ1) is 22.3. The fourth-order valence-electron chi connectivity index (χ4n) is 4.71. The number of hydrogen-bond donors (Lipinski definition) is 1. The summed E-state index contributed by atoms with van der Waals surface area (Å²) < 4.78 is 42.6. The Labute approximate surface area is 273 Å². The van der Waals surface area contributed by atoms with Crippen molar-refractivity contribution in [2.45, 2.75) is 39.2 Å². The highest BCUT2D eigenvalue weighted by Gasteiger charge is 2.33. The van der Waals surface area contributed by atoms with Crippen LogP contribution in [0.4, 0.5) is 29.3 Å². The standard InChI is InChI=1S/C32H32F3N7O4S/c1-19(2)26-15-12-24(40(4)5)16-27(26)42-28(43)17-47-31(42)37-30(44)39-46-20(3)21-6-8-22(9-7-21)29-36-18-41(38-29)23-10-13-25(14-11-23)45-32(33,34)35/h6-16,18-20H,17H2,1-5H3,(H,39,44). The van der Waals surface area contributed by atoms with Crippen molar-refractivity contribution in [3.63, 3.8) is 0 Å². The highest BCUT2D eigenvalue weighted by Crippen LogP contribution is 2.36. The van der Waals surface area contributed by atoms with Crippen LogP contribution >= 0.6 is 11.8 Å². The molecule has 2 heterocycles. The van der Waals surface area contributed by atoms with Gasteiger partial charge in [0.25, 0.3) is 0 Å². The van der Waals surface area contributed by atoms with Crippen LogP contribution in [0.5, 0.6) is 5.75 Å². The lowest BCUT2D eigenvalue weighted by Crippen LogP contribution is -2.32. The van der Waals surface area contributed by atoms with E-state index in [9.17, 15) is 22.8 Å². The van der Waals surface area contributed by atoms with Crippen molar-refractivity contribution in [3.8, 4) is 22.8 Å². The van der Waals surface area contributed by atoms with Crippen LogP contribution in [0.15, 0.2) is 78.0 Å². The molecule has 15 heteroatoms. The van der Waals surface area contributed by atoms with Gasteiger partial charge in [0, 0.05) is 25.3 Å². The van der Waals surface area contributed by atoms with Crippen molar-refractivity contribution in [1.29, 1.82) is 0 Å². The monoisotopic (exact) mass is 667 g/mol. The minimum Gasteiger partial charge on any atom is -0.406 e. The highest BCUT2D eigenvalue weighted by atomic mass is 32.2. The van der Waals surface area contributed by atoms with Gasteiger partial charge >= 0.3 is 12.4 Å². The molecular weight excluding hydrogens is 635 g/mol. The van der Waals surface area contributed by atoms with Crippen LogP contribution < -0.4 is 20.0 Å². The number of hydroxylamine groups is 1. The number of alkyl halides is 3. The lowest BCUT2D eigenvalue weighted by atomic mass is 9.99. The summed E-state index contributed by atoms with van der Waals surface area (Å²) in [6, 6.07) is 17.6. The molecule has 1 unspecified atom stereocenters. The molecule has 0 aliphatic carbocycles. The Morgan fingerprint density at radius 1 is 1.04 bits per heavy atom. The molecule has 3 amide bonds. The molecule has 1 aromatic heterocycles. The molecule has 47 heavy (non-hydrogen) atoms. The Balaban J connectivity index is 1.22. The van der Waals surface area contributed by atoms with Gasteiger partial charge in [0.1, 0.15) is 18.2 Å². The minimum atomic E-state index is -4.77. The Kier molecular flexibility index (Phi) is 9.86. The molecule has 11 nitrogen and oxygen atoms in total. The maximum atomic E-state index is 12.9. The zero-order valence-corrected chi connectivity index (χ0v) is 27.0. The number of thioether (sulfide) groups is 1. The molecule has 1 saturated heterocycles. The van der Waals surface area contributed by atoms with E-state index in [0.717, 1.165) is 16.8 Å². The number of rotatable bonds is 9. The van der Waals surface area contributed by atoms with E-state index in [1.807, 2.05) is 51.0 Å². The number of urea groups is 1. The number of halogens is 3. The van der Waals surface area contributed by atoms with Gasteiger partial charge in [-0.2, -0.15) is 4.99 Å². The number of nitrogens with zero attached hydrogens (tertiary/aromatic N) is 6. The van der Waals surface area contributed by atoms with E-state index in [4.69, 9.17) is 4.84 Å². The largest absolute Gasteiger partial charge is 0.573 e. The Morgan fingerprint density at radius 2 is 1.74 bits per heavy atom. The molecule has 0 saturated carbocycles. The summed E-state index contributed by atoms with van der Waals surface area (Å²) in [5.74, 6) is 0.198. The number of amidine groups is 1. The number of carbonyl (C=O) groups excluding carboxylic acids is 2. The van der Waals surface area contributed by atoms with Crippen molar-refractivity contribution in [2.75, 3.05) is 29.6 Å². The van der Waals surface area contributed by atoms with E-state index in [0.29, 0.717) is 22.8 Å². The Morgan fingerprint density at radius 3 is 2.38 bits per heavy atom. The van der Waals surface area contributed by atoms with Crippen molar-refractivity contribution >= 4 is 40.2 Å². The van der Waals surface area contributed by atoms with Crippen LogP contribution in [0.25, 0.3) is 17.1 Å². The third-order valence-corrected chi connectivity index (χ3v) is 8.07. The molecule has 1 atom stereocenters. The summed E-state index contributed by atoms with van der Waals surface area (Å²) in [4.78, 5) is 43.2. The van der Waals surface area contributed by atoms with E-state index >= 15 is 0 Å². The third-order valence-electron chi connectivity index (χ3n) is 7.14. The summed E-state index contributed by atoms with van der Waals surface area (Å²) in [5.41, 5.74) is 6.86. The normalized spacial score (nSPS) is 15.0. The number of aromatic nitrogens is 3. The predicted octanol–water partition coefficient (Wildman–Crippen LogP) is 6.86. The molecule has 1 aliphatic rings. The zero-order chi connectivity index (χ0) is 33.9. The van der Waals surface area contributed by atoms with E-state index < -0.39 is 18.5 Å². The summed E-state index contributed by atoms with van der Waals surface area (Å²) in [6.07, 6.45) is -3.87. The van der Waals surface area contributed by atoms with Gasteiger partial charge in [0.15, 0.2) is 11.0 Å². The van der Waals surface area contributed by atoms with Crippen LogP contribution in [-0.4, -0.2) is 58.1 Å². The van der Waals surface area contributed by atoms with E-state index in [2.05, 4.69) is 25.3 Å². The van der Waals surface area contributed by atoms with E-state index in [1.165, 1.54) is 51.9 Å². The van der Waals surface area contributed by atoms with Gasteiger partial charge in [-0.1, -0.05) is 55.9 Å². The fraction of sp³-hybridized carbons (Fsp3) is 0.281. The van der Waals surface area contributed by atoms with Crippen LogP contribution in [0.1, 0.15) is 43.9 Å². The van der Waals surface area contributed by atoms with Gasteiger partial charge in [-0.25, -0.2) is 19.9 Å². The van der Waals surface area contributed by atoms with Crippen molar-refractivity contribution < 1.29 is 32.3 Å². The highest BCUT2D eigenvalue weighted by molar-refractivity contribution is 8.15. The second-order valence-electron chi connectivity index (χ2n) is 11.0. The number of carbonyl (C=O) groups is 2. The molecule has 3 aromatic carbocycles. The van der Waals surface area contributed by atoms with Crippen LogP contribution in [0.2, 0.25) is 0 Å². The average Bonchev–Trinajstić information content (AvgIpc) is 3.66. The number of aliphatic imine (C=N–C) groups is 1. The predicted molar refractivity (Wildman–Crippen MR) is 174 cm³/mol. The smallest absolute Gasteiger partial charge is 0.406 e. The molecule has 1 N–H and O–H groups in total. The SMILES string of the molecule is CC(C)c1ccc(N(C)C)cc1N1C(=O)CSC1=NC(=O)NOC(C)c1ccc(-c2ncn(-c3ccc(OC(F)(F)F)cc3)n2)cc1. The van der Waals surface area contributed by atoms with E-state index in [1.54, 1.807) is 31.2 Å². The number of anilines is 2. The van der Waals surface area contributed by atoms with Gasteiger partial charge in [-0.3, -0.25) is 14.5 Å². The van der Waals surface area contributed by atoms with Crippen LogP contribution in [0, 0.1) is 0 Å². The topological polar surface area (TPSA) is 114 Å². The second-order valence-corrected chi connectivity index (χ2v) is 12.0. The quantitative estimate of drug-likeness (QED) is 0.193. The molecule has 0 spiro atoms. The molecule has 1 aliphatic heterocycles. The lowest BCUT2D eigenvalue weighted by Gasteiger charge is -2.24. The van der Waals surface area contributed by atoms with Crippen molar-refractivity contribution in [2.24, 2.45) is 4.99 Å². The van der Waals surface area contributed by atoms with Gasteiger partial charge in [-0.15, -0.1) is 18.3 Å². The summed E-state index contributed by atoms with van der Waals surface area (Å²) in [6.45, 7) is 5.83. The maximum absolute atomic E-state index is 12.9. The van der Waals surface area contributed by atoms with Crippen molar-refractivity contribution in [3.05, 3.63) is 84.2 Å². The summed E-state index contributed by atoms with van der Waals surface area (Å²) >= 11 is 1.19. The number of amides is 3. The van der Waals surface area contributed by atoms with Crippen LogP contribution in [-0.2, 0) is 9.63 Å². The first-order valence-corrected chi connectivity index (χ1v) is 15.5. The van der Waals surface area contributed by atoms with Gasteiger partial charge < -0.3 is 9.64 Å². The molecule has 5 rings (SSSR count). The fourth-order valence-corrected chi connectivity index (χ4v) is 5.57. The van der Waals surface area contributed by atoms with Crippen LogP contribution in [0.3, 0.4) is 0 Å². The summed E-state index contributed by atoms with van der Waals surface area (Å²) in [7, 11) is 3.83. The minimum absolute atomic E-state index is 0.138. The maximum Gasteiger partial charge on any atom is 0.573 e. The lowest BCUT2D eigenvalue weighted by molar-refractivity contribution is -0.274. The number of benzene rings is 3. The number of hydrogen-bond acceptors (Lipinski definition) is 8. The summed E-state index contributed by atoms with van der Waals surface area (Å²) in [5, 5.41) is 4.67. The molecule has 0 bridgehead atoms. The molecule has 1 fully saturated rings. The number of ether oxygens (including phenoxy) is 1. The molecule has 246 valence electrons. The molecular formula is C32H32F3N7O4S. The zero-order valence-electron chi connectivity index (χ0n) is 26.1. The van der Waals surface area contributed by atoms with E-state index in [-0.39, 0.29) is 28.5 Å². The van der Waals surface area contributed by atoms with Crippen molar-refractivity contribution in [1.82, 2.24) is 20.2 Å². The Hall–Kier alpha value is -4.89. The van der Waals surface area contributed by atoms with Gasteiger partial charge in [-0.05, 0) is 60.4 Å². The van der Waals surface area contributed by atoms with Gasteiger partial charge in [0.05, 0.1) is 17.1 Å². The first kappa shape index (κ1) is 33.5. The molecule has 4 aromatic rings. The molecule has 0 radical (unpaired) electrons. The second kappa shape index (κ2) is 13.8. The first-order valence-electron chi connectivity index (χ1n) is 14.5. The van der Waals surface area contributed by atoms with Gasteiger partial charge in [0.2, 0.25) is 5.91 Å². The number of nitrogens with one attached hydrogen (secondary N) is 1. The third kappa shape index (κ3) is 8.10. The Bertz CT molecular complexity index is 1770. The average molecular weight is 668 g/mol.